The molecule has 6 nitrogen and oxygen atoms in total. The fraction of sp³-hybridized carbons (Fsp3) is 0.400. The van der Waals surface area contributed by atoms with Gasteiger partial charge in [0.05, 0.1) is 11.5 Å². The van der Waals surface area contributed by atoms with Gasteiger partial charge in [0.25, 0.3) is 5.91 Å². The van der Waals surface area contributed by atoms with Crippen LogP contribution in [0.4, 0.5) is 4.79 Å². The number of benzene rings is 1. The maximum atomic E-state index is 12.7. The molecule has 144 valence electrons. The lowest BCUT2D eigenvalue weighted by molar-refractivity contribution is 0.0574. The van der Waals surface area contributed by atoms with Gasteiger partial charge in [0.2, 0.25) is 0 Å². The highest BCUT2D eigenvalue weighted by Crippen LogP contribution is 2.20. The third-order valence-electron chi connectivity index (χ3n) is 4.38. The summed E-state index contributed by atoms with van der Waals surface area (Å²) in [5.74, 6) is 0.819. The number of hydrogen-bond donors (Lipinski definition) is 0. The molecule has 1 fully saturated rings. The van der Waals surface area contributed by atoms with E-state index in [0.717, 1.165) is 11.3 Å². The van der Waals surface area contributed by atoms with Crippen molar-refractivity contribution in [2.45, 2.75) is 20.5 Å². The van der Waals surface area contributed by atoms with Gasteiger partial charge in [-0.3, -0.25) is 4.79 Å². The van der Waals surface area contributed by atoms with Gasteiger partial charge < -0.3 is 19.3 Å². The van der Waals surface area contributed by atoms with Crippen LogP contribution in [-0.2, 0) is 11.3 Å². The molecular formula is C20H24N2O4S. The quantitative estimate of drug-likeness (QED) is 0.786. The number of aryl methyl sites for hydroxylation is 1. The van der Waals surface area contributed by atoms with Crippen molar-refractivity contribution in [2.24, 2.45) is 0 Å². The molecule has 1 aliphatic heterocycles. The molecule has 1 aromatic heterocycles. The van der Waals surface area contributed by atoms with Gasteiger partial charge in [-0.1, -0.05) is 17.7 Å². The van der Waals surface area contributed by atoms with Gasteiger partial charge in [0.15, 0.2) is 0 Å². The van der Waals surface area contributed by atoms with Gasteiger partial charge in [-0.15, -0.1) is 11.3 Å². The predicted molar refractivity (Wildman–Crippen MR) is 104 cm³/mol. The lowest BCUT2D eigenvalue weighted by Crippen LogP contribution is -2.50. The van der Waals surface area contributed by atoms with Gasteiger partial charge in [-0.2, -0.15) is 0 Å². The Kier molecular flexibility index (Phi) is 6.34. The number of piperazine rings is 1. The molecule has 1 aliphatic rings. The summed E-state index contributed by atoms with van der Waals surface area (Å²) < 4.78 is 10.8. The molecule has 7 heteroatoms. The van der Waals surface area contributed by atoms with E-state index in [9.17, 15) is 9.59 Å². The number of rotatable bonds is 5. The van der Waals surface area contributed by atoms with E-state index in [0.29, 0.717) is 44.3 Å². The van der Waals surface area contributed by atoms with E-state index in [4.69, 9.17) is 9.47 Å². The molecular weight excluding hydrogens is 364 g/mol. The monoisotopic (exact) mass is 388 g/mol. The van der Waals surface area contributed by atoms with Crippen molar-refractivity contribution in [3.63, 3.8) is 0 Å². The van der Waals surface area contributed by atoms with Gasteiger partial charge >= 0.3 is 6.09 Å². The summed E-state index contributed by atoms with van der Waals surface area (Å²) >= 11 is 1.43. The Morgan fingerprint density at radius 1 is 1.07 bits per heavy atom. The summed E-state index contributed by atoms with van der Waals surface area (Å²) in [6.07, 6.45) is -0.309. The molecule has 2 aromatic rings. The summed E-state index contributed by atoms with van der Waals surface area (Å²) in [6.45, 7) is 6.65. The van der Waals surface area contributed by atoms with Crippen molar-refractivity contribution in [1.82, 2.24) is 9.80 Å². The molecule has 0 atom stereocenters. The van der Waals surface area contributed by atoms with Crippen LogP contribution in [0, 0.1) is 6.92 Å². The zero-order valence-corrected chi connectivity index (χ0v) is 16.5. The number of amides is 2. The minimum atomic E-state index is -0.309. The second-order valence-corrected chi connectivity index (χ2v) is 7.31. The highest BCUT2D eigenvalue weighted by Gasteiger charge is 2.26. The molecule has 2 heterocycles. The first-order valence-corrected chi connectivity index (χ1v) is 9.92. The number of carbonyl (C=O) groups is 2. The maximum absolute atomic E-state index is 12.7. The van der Waals surface area contributed by atoms with Crippen molar-refractivity contribution in [3.8, 4) is 5.75 Å². The van der Waals surface area contributed by atoms with E-state index in [1.807, 2.05) is 42.6 Å². The van der Waals surface area contributed by atoms with Crippen LogP contribution >= 0.6 is 11.3 Å². The summed E-state index contributed by atoms with van der Waals surface area (Å²) in [5, 5.41) is 1.95. The van der Waals surface area contributed by atoms with Crippen LogP contribution in [0.2, 0.25) is 0 Å². The normalized spacial score (nSPS) is 14.1. The third-order valence-corrected chi connectivity index (χ3v) is 5.35. The van der Waals surface area contributed by atoms with Crippen LogP contribution in [0.5, 0.6) is 5.75 Å². The Balaban J connectivity index is 1.51. The summed E-state index contributed by atoms with van der Waals surface area (Å²) in [7, 11) is 0. The van der Waals surface area contributed by atoms with E-state index < -0.39 is 0 Å². The van der Waals surface area contributed by atoms with E-state index in [-0.39, 0.29) is 12.0 Å². The molecule has 1 aromatic carbocycles. The number of hydrogen-bond acceptors (Lipinski definition) is 5. The van der Waals surface area contributed by atoms with Gasteiger partial charge in [0.1, 0.15) is 12.4 Å². The van der Waals surface area contributed by atoms with Crippen molar-refractivity contribution in [2.75, 3.05) is 32.8 Å². The first kappa shape index (κ1) is 19.2. The second-order valence-electron chi connectivity index (χ2n) is 6.40. The van der Waals surface area contributed by atoms with Crippen LogP contribution < -0.4 is 4.74 Å². The summed E-state index contributed by atoms with van der Waals surface area (Å²) in [5.41, 5.74) is 2.17. The fourth-order valence-electron chi connectivity index (χ4n) is 2.83. The number of nitrogens with zero attached hydrogens (tertiary/aromatic N) is 2. The molecule has 0 aliphatic carbocycles. The van der Waals surface area contributed by atoms with Gasteiger partial charge in [0, 0.05) is 31.7 Å². The Labute approximate surface area is 163 Å². The Bertz CT molecular complexity index is 780. The zero-order chi connectivity index (χ0) is 19.2. The SMILES string of the molecule is CCOC(=O)N1CCN(C(=O)c2cc(COc3ccc(C)cc3)cs2)CC1. The minimum Gasteiger partial charge on any atom is -0.489 e. The molecule has 2 amide bonds. The molecule has 0 N–H and O–H groups in total. The smallest absolute Gasteiger partial charge is 0.409 e. The maximum Gasteiger partial charge on any atom is 0.409 e. The highest BCUT2D eigenvalue weighted by atomic mass is 32.1. The standard InChI is InChI=1S/C20H24N2O4S/c1-3-25-20(24)22-10-8-21(9-11-22)19(23)18-12-16(14-27-18)13-26-17-6-4-15(2)5-7-17/h4-7,12,14H,3,8-11,13H2,1-2H3. The van der Waals surface area contributed by atoms with Crippen LogP contribution in [-0.4, -0.2) is 54.6 Å². The van der Waals surface area contributed by atoms with Crippen molar-refractivity contribution < 1.29 is 19.1 Å². The van der Waals surface area contributed by atoms with Crippen LogP contribution in [0.1, 0.15) is 27.7 Å². The van der Waals surface area contributed by atoms with E-state index >= 15 is 0 Å². The second kappa shape index (κ2) is 8.90. The molecule has 0 radical (unpaired) electrons. The molecule has 27 heavy (non-hydrogen) atoms. The van der Waals surface area contributed by atoms with E-state index in [2.05, 4.69) is 0 Å². The fourth-order valence-corrected chi connectivity index (χ4v) is 3.69. The number of ether oxygens (including phenoxy) is 2. The average molecular weight is 388 g/mol. The molecule has 0 bridgehead atoms. The van der Waals surface area contributed by atoms with E-state index in [1.165, 1.54) is 16.9 Å². The first-order valence-electron chi connectivity index (χ1n) is 9.04. The summed E-state index contributed by atoms with van der Waals surface area (Å²) in [4.78, 5) is 28.6. The Hall–Kier alpha value is -2.54. The lowest BCUT2D eigenvalue weighted by Gasteiger charge is -2.33. The Morgan fingerprint density at radius 3 is 2.41 bits per heavy atom. The zero-order valence-electron chi connectivity index (χ0n) is 15.6. The number of carbonyl (C=O) groups excluding carboxylic acids is 2. The molecule has 3 rings (SSSR count). The average Bonchev–Trinajstić information content (AvgIpc) is 3.16. The number of thiophene rings is 1. The van der Waals surface area contributed by atoms with Gasteiger partial charge in [-0.25, -0.2) is 4.79 Å². The van der Waals surface area contributed by atoms with E-state index in [1.54, 1.807) is 16.7 Å². The van der Waals surface area contributed by atoms with Crippen LogP contribution in [0.15, 0.2) is 35.7 Å². The highest BCUT2D eigenvalue weighted by molar-refractivity contribution is 7.12. The largest absolute Gasteiger partial charge is 0.489 e. The lowest BCUT2D eigenvalue weighted by atomic mass is 10.2. The third kappa shape index (κ3) is 5.01. The molecule has 0 saturated carbocycles. The minimum absolute atomic E-state index is 0.00472. The van der Waals surface area contributed by atoms with Gasteiger partial charge in [-0.05, 0) is 37.4 Å². The Morgan fingerprint density at radius 2 is 1.74 bits per heavy atom. The predicted octanol–water partition coefficient (Wildman–Crippen LogP) is 3.55. The molecule has 0 unspecified atom stereocenters. The van der Waals surface area contributed by atoms with Crippen LogP contribution in [0.3, 0.4) is 0 Å². The molecule has 0 spiro atoms. The first-order chi connectivity index (χ1) is 13.1. The summed E-state index contributed by atoms with van der Waals surface area (Å²) in [6, 6.07) is 9.79. The van der Waals surface area contributed by atoms with Crippen molar-refractivity contribution in [1.29, 1.82) is 0 Å². The van der Waals surface area contributed by atoms with Crippen molar-refractivity contribution >= 4 is 23.3 Å². The molecule has 1 saturated heterocycles. The topological polar surface area (TPSA) is 59.1 Å². The van der Waals surface area contributed by atoms with Crippen LogP contribution in [0.25, 0.3) is 0 Å². The van der Waals surface area contributed by atoms with Crippen molar-refractivity contribution in [3.05, 3.63) is 51.7 Å².